The Labute approximate surface area is 181 Å². The number of amides is 1. The number of nitrogens with zero attached hydrogens (tertiary/aromatic N) is 1. The lowest BCUT2D eigenvalue weighted by atomic mass is 10.1. The standard InChI is InChI=1S/C24H26N2O5/c1-17-6-9-19(10-7-17)30-13-14-31-21-5-4-12-25-24(21)26-23(27)15-18-8-11-20(28-2)16-22(18)29-3/h4-12,16H,13-15H2,1-3H3,(H,25,26,27). The number of aryl methyl sites for hydroxylation is 1. The van der Waals surface area contributed by atoms with Crippen LogP contribution >= 0.6 is 0 Å². The maximum atomic E-state index is 12.6. The summed E-state index contributed by atoms with van der Waals surface area (Å²) in [5.74, 6) is 2.63. The number of aromatic nitrogens is 1. The highest BCUT2D eigenvalue weighted by molar-refractivity contribution is 5.93. The predicted octanol–water partition coefficient (Wildman–Crippen LogP) is 4.05. The van der Waals surface area contributed by atoms with E-state index in [-0.39, 0.29) is 12.3 Å². The van der Waals surface area contributed by atoms with Gasteiger partial charge in [-0.2, -0.15) is 0 Å². The summed E-state index contributed by atoms with van der Waals surface area (Å²) in [5.41, 5.74) is 1.91. The van der Waals surface area contributed by atoms with E-state index < -0.39 is 0 Å². The third kappa shape index (κ3) is 6.37. The summed E-state index contributed by atoms with van der Waals surface area (Å²) >= 11 is 0. The molecule has 1 amide bonds. The molecule has 0 unspecified atom stereocenters. The van der Waals surface area contributed by atoms with E-state index in [1.54, 1.807) is 50.7 Å². The first kappa shape index (κ1) is 22.0. The fourth-order valence-corrected chi connectivity index (χ4v) is 2.89. The first-order valence-electron chi connectivity index (χ1n) is 9.87. The number of carbonyl (C=O) groups is 1. The number of benzene rings is 2. The van der Waals surface area contributed by atoms with Crippen LogP contribution in [0.2, 0.25) is 0 Å². The van der Waals surface area contributed by atoms with Crippen LogP contribution in [0.1, 0.15) is 11.1 Å². The van der Waals surface area contributed by atoms with Crippen molar-refractivity contribution < 1.29 is 23.7 Å². The van der Waals surface area contributed by atoms with E-state index in [1.165, 1.54) is 5.56 Å². The molecule has 2 aromatic carbocycles. The Hall–Kier alpha value is -3.74. The molecule has 0 fully saturated rings. The zero-order valence-corrected chi connectivity index (χ0v) is 17.9. The third-order valence-corrected chi connectivity index (χ3v) is 4.50. The van der Waals surface area contributed by atoms with Gasteiger partial charge in [-0.15, -0.1) is 0 Å². The lowest BCUT2D eigenvalue weighted by molar-refractivity contribution is -0.115. The smallest absolute Gasteiger partial charge is 0.230 e. The molecule has 3 rings (SSSR count). The Morgan fingerprint density at radius 3 is 2.39 bits per heavy atom. The van der Waals surface area contributed by atoms with Crippen LogP contribution in [-0.2, 0) is 11.2 Å². The van der Waals surface area contributed by atoms with Crippen molar-refractivity contribution in [2.45, 2.75) is 13.3 Å². The van der Waals surface area contributed by atoms with Crippen LogP contribution < -0.4 is 24.3 Å². The molecule has 0 aliphatic heterocycles. The van der Waals surface area contributed by atoms with E-state index in [2.05, 4.69) is 10.3 Å². The highest BCUT2D eigenvalue weighted by Gasteiger charge is 2.13. The molecule has 31 heavy (non-hydrogen) atoms. The number of rotatable bonds is 10. The number of carbonyl (C=O) groups excluding carboxylic acids is 1. The average Bonchev–Trinajstić information content (AvgIpc) is 2.79. The summed E-state index contributed by atoms with van der Waals surface area (Å²) in [6.07, 6.45) is 1.72. The molecule has 7 nitrogen and oxygen atoms in total. The number of hydrogen-bond donors (Lipinski definition) is 1. The van der Waals surface area contributed by atoms with Crippen molar-refractivity contribution in [3.63, 3.8) is 0 Å². The molecule has 0 spiro atoms. The zero-order valence-electron chi connectivity index (χ0n) is 17.9. The molecular formula is C24H26N2O5. The minimum Gasteiger partial charge on any atom is -0.497 e. The molecule has 0 bridgehead atoms. The second kappa shape index (κ2) is 10.9. The van der Waals surface area contributed by atoms with Crippen LogP contribution in [0.25, 0.3) is 0 Å². The number of anilines is 1. The fraction of sp³-hybridized carbons (Fsp3) is 0.250. The van der Waals surface area contributed by atoms with Gasteiger partial charge in [0.2, 0.25) is 5.91 Å². The average molecular weight is 422 g/mol. The van der Waals surface area contributed by atoms with Crippen LogP contribution in [0.15, 0.2) is 60.8 Å². The van der Waals surface area contributed by atoms with Crippen molar-refractivity contribution >= 4 is 11.7 Å². The summed E-state index contributed by atoms with van der Waals surface area (Å²) in [6.45, 7) is 2.71. The van der Waals surface area contributed by atoms with Crippen molar-refractivity contribution in [2.75, 3.05) is 32.8 Å². The van der Waals surface area contributed by atoms with Crippen molar-refractivity contribution in [1.29, 1.82) is 0 Å². The van der Waals surface area contributed by atoms with E-state index in [1.807, 2.05) is 31.2 Å². The van der Waals surface area contributed by atoms with Gasteiger partial charge in [0.05, 0.1) is 20.6 Å². The minimum atomic E-state index is -0.233. The zero-order chi connectivity index (χ0) is 22.1. The summed E-state index contributed by atoms with van der Waals surface area (Å²) < 4.78 is 22.0. The molecule has 162 valence electrons. The fourth-order valence-electron chi connectivity index (χ4n) is 2.89. The molecule has 1 aromatic heterocycles. The molecular weight excluding hydrogens is 396 g/mol. The van der Waals surface area contributed by atoms with Gasteiger partial charge in [0.15, 0.2) is 11.6 Å². The lowest BCUT2D eigenvalue weighted by Gasteiger charge is -2.13. The van der Waals surface area contributed by atoms with E-state index >= 15 is 0 Å². The SMILES string of the molecule is COc1ccc(CC(=O)Nc2ncccc2OCCOc2ccc(C)cc2)c(OC)c1. The first-order valence-corrected chi connectivity index (χ1v) is 9.87. The molecule has 1 heterocycles. The number of nitrogens with one attached hydrogen (secondary N) is 1. The summed E-state index contributed by atoms with van der Waals surface area (Å²) in [6, 6.07) is 16.6. The molecule has 0 saturated carbocycles. The van der Waals surface area contributed by atoms with Gasteiger partial charge in [-0.05, 0) is 37.3 Å². The third-order valence-electron chi connectivity index (χ3n) is 4.50. The van der Waals surface area contributed by atoms with E-state index in [0.717, 1.165) is 11.3 Å². The van der Waals surface area contributed by atoms with Gasteiger partial charge in [-0.25, -0.2) is 4.98 Å². The predicted molar refractivity (Wildman–Crippen MR) is 118 cm³/mol. The van der Waals surface area contributed by atoms with Crippen LogP contribution in [-0.4, -0.2) is 38.3 Å². The van der Waals surface area contributed by atoms with E-state index in [0.29, 0.717) is 36.3 Å². The lowest BCUT2D eigenvalue weighted by Crippen LogP contribution is -2.17. The van der Waals surface area contributed by atoms with Gasteiger partial charge in [-0.1, -0.05) is 23.8 Å². The number of pyridine rings is 1. The molecule has 0 aliphatic carbocycles. The van der Waals surface area contributed by atoms with Gasteiger partial charge in [0, 0.05) is 17.8 Å². The van der Waals surface area contributed by atoms with Gasteiger partial charge >= 0.3 is 0 Å². The maximum absolute atomic E-state index is 12.6. The second-order valence-corrected chi connectivity index (χ2v) is 6.76. The van der Waals surface area contributed by atoms with Crippen molar-refractivity contribution in [3.05, 3.63) is 71.9 Å². The Morgan fingerprint density at radius 2 is 1.65 bits per heavy atom. The second-order valence-electron chi connectivity index (χ2n) is 6.76. The van der Waals surface area contributed by atoms with Crippen LogP contribution in [0, 0.1) is 6.92 Å². The van der Waals surface area contributed by atoms with Gasteiger partial charge in [0.1, 0.15) is 30.5 Å². The van der Waals surface area contributed by atoms with E-state index in [4.69, 9.17) is 18.9 Å². The van der Waals surface area contributed by atoms with Crippen molar-refractivity contribution in [1.82, 2.24) is 4.98 Å². The van der Waals surface area contributed by atoms with E-state index in [9.17, 15) is 4.79 Å². The normalized spacial score (nSPS) is 10.3. The Bertz CT molecular complexity index is 1010. The molecule has 0 aliphatic rings. The summed E-state index contributed by atoms with van der Waals surface area (Å²) in [4.78, 5) is 16.8. The van der Waals surface area contributed by atoms with Crippen molar-refractivity contribution in [3.8, 4) is 23.0 Å². The number of ether oxygens (including phenoxy) is 4. The number of methoxy groups -OCH3 is 2. The van der Waals surface area contributed by atoms with Crippen LogP contribution in [0.3, 0.4) is 0 Å². The largest absolute Gasteiger partial charge is 0.497 e. The highest BCUT2D eigenvalue weighted by Crippen LogP contribution is 2.26. The topological polar surface area (TPSA) is 78.9 Å². The first-order chi connectivity index (χ1) is 15.1. The molecule has 1 N–H and O–H groups in total. The Morgan fingerprint density at radius 1 is 0.903 bits per heavy atom. The molecule has 0 saturated heterocycles. The minimum absolute atomic E-state index is 0.125. The molecule has 0 radical (unpaired) electrons. The summed E-state index contributed by atoms with van der Waals surface area (Å²) in [5, 5.41) is 2.80. The van der Waals surface area contributed by atoms with Crippen LogP contribution in [0.5, 0.6) is 23.0 Å². The highest BCUT2D eigenvalue weighted by atomic mass is 16.5. The monoisotopic (exact) mass is 422 g/mol. The Kier molecular flexibility index (Phi) is 7.70. The van der Waals surface area contributed by atoms with Gasteiger partial charge in [-0.3, -0.25) is 4.79 Å². The molecule has 7 heteroatoms. The number of hydrogen-bond acceptors (Lipinski definition) is 6. The maximum Gasteiger partial charge on any atom is 0.230 e. The van der Waals surface area contributed by atoms with Crippen LogP contribution in [0.4, 0.5) is 5.82 Å². The van der Waals surface area contributed by atoms with Crippen molar-refractivity contribution in [2.24, 2.45) is 0 Å². The van der Waals surface area contributed by atoms with Gasteiger partial charge < -0.3 is 24.3 Å². The summed E-state index contributed by atoms with van der Waals surface area (Å²) in [7, 11) is 3.13. The quantitative estimate of drug-likeness (QED) is 0.497. The molecule has 0 atom stereocenters. The Balaban J connectivity index is 1.56. The molecule has 3 aromatic rings. The van der Waals surface area contributed by atoms with Gasteiger partial charge in [0.25, 0.3) is 0 Å².